The van der Waals surface area contributed by atoms with Crippen molar-refractivity contribution in [3.05, 3.63) is 311 Å². The zero-order valence-corrected chi connectivity index (χ0v) is 38.3. The molecule has 2 heteroatoms. The summed E-state index contributed by atoms with van der Waals surface area (Å²) in [4.78, 5) is 2.55. The maximum atomic E-state index is 2.55. The molecule has 0 saturated carbocycles. The summed E-state index contributed by atoms with van der Waals surface area (Å²) in [5.74, 6) is 0. The van der Waals surface area contributed by atoms with E-state index in [9.17, 15) is 0 Å². The highest BCUT2D eigenvalue weighted by atomic mass is 15.1. The van der Waals surface area contributed by atoms with Gasteiger partial charge in [0.15, 0.2) is 0 Å². The molecule has 11 aromatic carbocycles. The number of para-hydroxylation sites is 3. The Kier molecular flexibility index (Phi) is 8.24. The van der Waals surface area contributed by atoms with Crippen molar-refractivity contribution in [1.82, 2.24) is 4.57 Å². The van der Waals surface area contributed by atoms with Crippen LogP contribution in [-0.2, 0) is 10.8 Å². The molecular weight excluding hydrogens is 845 g/mol. The highest BCUT2D eigenvalue weighted by molar-refractivity contribution is 6.13. The number of rotatable bonds is 6. The van der Waals surface area contributed by atoms with Crippen molar-refractivity contribution in [2.75, 3.05) is 4.90 Å². The highest BCUT2D eigenvalue weighted by Gasteiger charge is 2.52. The first-order valence-corrected chi connectivity index (χ1v) is 24.4. The van der Waals surface area contributed by atoms with E-state index >= 15 is 0 Å². The van der Waals surface area contributed by atoms with Gasteiger partial charge >= 0.3 is 0 Å². The lowest BCUT2D eigenvalue weighted by molar-refractivity contribution is 0.748. The van der Waals surface area contributed by atoms with Crippen molar-refractivity contribution in [2.24, 2.45) is 0 Å². The van der Waals surface area contributed by atoms with Crippen LogP contribution in [0, 0.1) is 0 Å². The summed E-state index contributed by atoms with van der Waals surface area (Å²) in [6, 6.07) is 99.9. The van der Waals surface area contributed by atoms with E-state index in [1.165, 1.54) is 105 Å². The monoisotopic (exact) mass is 888 g/mol. The summed E-state index contributed by atoms with van der Waals surface area (Å²) in [7, 11) is 0. The minimum Gasteiger partial charge on any atom is -0.310 e. The molecule has 326 valence electrons. The van der Waals surface area contributed by atoms with Gasteiger partial charge in [-0.2, -0.15) is 0 Å². The molecule has 3 aliphatic rings. The topological polar surface area (TPSA) is 8.17 Å². The predicted octanol–water partition coefficient (Wildman–Crippen LogP) is 17.0. The van der Waals surface area contributed by atoms with Crippen molar-refractivity contribution in [1.29, 1.82) is 0 Å². The molecule has 0 bridgehead atoms. The fourth-order valence-electron chi connectivity index (χ4n) is 13.2. The van der Waals surface area contributed by atoms with Crippen molar-refractivity contribution in [2.45, 2.75) is 10.8 Å². The van der Waals surface area contributed by atoms with Crippen LogP contribution in [0.1, 0.15) is 44.5 Å². The molecule has 0 saturated heterocycles. The Morgan fingerprint density at radius 2 is 0.857 bits per heavy atom. The van der Waals surface area contributed by atoms with Gasteiger partial charge in [-0.1, -0.05) is 224 Å². The molecule has 15 rings (SSSR count). The van der Waals surface area contributed by atoms with E-state index in [-0.39, 0.29) is 0 Å². The number of hydrogen-bond donors (Lipinski definition) is 0. The van der Waals surface area contributed by atoms with Crippen LogP contribution in [-0.4, -0.2) is 4.57 Å². The molecule has 0 fully saturated rings. The summed E-state index contributed by atoms with van der Waals surface area (Å²) < 4.78 is 2.53. The summed E-state index contributed by atoms with van der Waals surface area (Å²) in [5.41, 5.74) is 23.6. The minimum absolute atomic E-state index is 0.547. The molecule has 2 heterocycles. The van der Waals surface area contributed by atoms with Gasteiger partial charge in [0.2, 0.25) is 0 Å². The maximum Gasteiger partial charge on any atom is 0.0755 e. The van der Waals surface area contributed by atoms with Crippen LogP contribution >= 0.6 is 0 Å². The van der Waals surface area contributed by atoms with Crippen LogP contribution in [0.15, 0.2) is 267 Å². The Balaban J connectivity index is 1.05. The second-order valence-electron chi connectivity index (χ2n) is 19.1. The van der Waals surface area contributed by atoms with E-state index in [1.807, 2.05) is 0 Å². The second kappa shape index (κ2) is 14.8. The lowest BCUT2D eigenvalue weighted by Crippen LogP contribution is -2.33. The van der Waals surface area contributed by atoms with Gasteiger partial charge in [0.1, 0.15) is 0 Å². The fourth-order valence-corrected chi connectivity index (χ4v) is 13.2. The molecule has 0 amide bonds. The summed E-state index contributed by atoms with van der Waals surface area (Å²) in [6.07, 6.45) is 0. The van der Waals surface area contributed by atoms with Gasteiger partial charge in [-0.3, -0.25) is 0 Å². The van der Waals surface area contributed by atoms with Gasteiger partial charge in [-0.05, 0) is 115 Å². The molecule has 1 aromatic heterocycles. The van der Waals surface area contributed by atoms with Crippen molar-refractivity contribution >= 4 is 38.9 Å². The second-order valence-corrected chi connectivity index (χ2v) is 19.1. The first-order valence-electron chi connectivity index (χ1n) is 24.4. The smallest absolute Gasteiger partial charge is 0.0755 e. The van der Waals surface area contributed by atoms with Crippen molar-refractivity contribution in [3.8, 4) is 39.1 Å². The molecule has 1 unspecified atom stereocenters. The quantitative estimate of drug-likeness (QED) is 0.161. The Labute approximate surface area is 407 Å². The average molecular weight is 889 g/mol. The molecule has 2 nitrogen and oxygen atoms in total. The third-order valence-corrected chi connectivity index (χ3v) is 15.8. The third kappa shape index (κ3) is 5.07. The van der Waals surface area contributed by atoms with E-state index in [0.29, 0.717) is 0 Å². The molecule has 0 N–H and O–H groups in total. The molecular formula is C68H44N2. The third-order valence-electron chi connectivity index (χ3n) is 15.8. The van der Waals surface area contributed by atoms with E-state index < -0.39 is 10.8 Å². The highest BCUT2D eigenvalue weighted by Crippen LogP contribution is 2.63. The predicted molar refractivity (Wildman–Crippen MR) is 289 cm³/mol. The minimum atomic E-state index is -0.596. The van der Waals surface area contributed by atoms with Gasteiger partial charge < -0.3 is 9.47 Å². The van der Waals surface area contributed by atoms with Gasteiger partial charge in [-0.15, -0.1) is 0 Å². The fraction of sp³-hybridized carbons (Fsp3) is 0.0294. The lowest BCUT2D eigenvalue weighted by Gasteiger charge is -2.40. The zero-order chi connectivity index (χ0) is 46.0. The first kappa shape index (κ1) is 39.1. The standard InChI is InChI=1S/C68H44N2/c1-4-21-45(22-5-1)46-23-18-28-49(43-46)69(64-40-20-36-59-65(64)55-31-11-14-34-57(55)67(59,47-24-6-2-7-25-47)48-26-8-3-9-27-48)50-41-42-52-51-29-10-13-33-56(51)68(61(52)44-50)58-35-15-17-39-63(58)70-62-38-16-12-30-53(62)54-32-19-37-60(68)66(54)70/h1-44H. The van der Waals surface area contributed by atoms with E-state index in [2.05, 4.69) is 276 Å². The van der Waals surface area contributed by atoms with Gasteiger partial charge in [0.25, 0.3) is 0 Å². The Morgan fingerprint density at radius 3 is 1.64 bits per heavy atom. The van der Waals surface area contributed by atoms with Gasteiger partial charge in [-0.25, -0.2) is 0 Å². The number of nitrogens with zero attached hydrogens (tertiary/aromatic N) is 2. The number of aromatic nitrogens is 1. The molecule has 1 spiro atoms. The zero-order valence-electron chi connectivity index (χ0n) is 38.3. The van der Waals surface area contributed by atoms with Crippen molar-refractivity contribution < 1.29 is 0 Å². The summed E-state index contributed by atoms with van der Waals surface area (Å²) in [6.45, 7) is 0. The number of hydrogen-bond acceptors (Lipinski definition) is 1. The van der Waals surface area contributed by atoms with Crippen LogP contribution in [0.4, 0.5) is 17.1 Å². The van der Waals surface area contributed by atoms with E-state index in [4.69, 9.17) is 0 Å². The summed E-state index contributed by atoms with van der Waals surface area (Å²) >= 11 is 0. The largest absolute Gasteiger partial charge is 0.310 e. The molecule has 1 atom stereocenters. The first-order chi connectivity index (χ1) is 34.8. The molecule has 0 radical (unpaired) electrons. The number of fused-ring (bicyclic) bond motifs is 15. The van der Waals surface area contributed by atoms with Crippen LogP contribution in [0.3, 0.4) is 0 Å². The summed E-state index contributed by atoms with van der Waals surface area (Å²) in [5, 5.41) is 2.55. The van der Waals surface area contributed by atoms with E-state index in [0.717, 1.165) is 17.1 Å². The van der Waals surface area contributed by atoms with Crippen molar-refractivity contribution in [3.63, 3.8) is 0 Å². The normalized spacial score (nSPS) is 15.3. The van der Waals surface area contributed by atoms with Crippen LogP contribution in [0.5, 0.6) is 0 Å². The SMILES string of the molecule is c1ccc(-c2cccc(N(c3ccc4c(c3)C3(c5ccccc5-4)c4ccccc4-n4c5ccccc5c5cccc3c54)c3cccc4c3-c3ccccc3C4(c3ccccc3)c3ccccc3)c2)cc1. The molecule has 2 aliphatic carbocycles. The van der Waals surface area contributed by atoms with Gasteiger partial charge in [0, 0.05) is 27.7 Å². The van der Waals surface area contributed by atoms with Crippen LogP contribution in [0.2, 0.25) is 0 Å². The molecule has 70 heavy (non-hydrogen) atoms. The van der Waals surface area contributed by atoms with Gasteiger partial charge in [0.05, 0.1) is 33.2 Å². The van der Waals surface area contributed by atoms with Crippen LogP contribution < -0.4 is 4.90 Å². The Morgan fingerprint density at radius 1 is 0.314 bits per heavy atom. The molecule has 1 aliphatic heterocycles. The number of benzene rings is 11. The number of anilines is 3. The molecule has 12 aromatic rings. The lowest BCUT2D eigenvalue weighted by atomic mass is 9.65. The maximum absolute atomic E-state index is 2.55. The van der Waals surface area contributed by atoms with Crippen LogP contribution in [0.25, 0.3) is 60.9 Å². The Bertz CT molecular complexity index is 4030. The van der Waals surface area contributed by atoms with E-state index in [1.54, 1.807) is 0 Å². The average Bonchev–Trinajstić information content (AvgIpc) is 4.06. The Hall–Kier alpha value is -8.98.